The lowest BCUT2D eigenvalue weighted by Gasteiger charge is -2.14. The molecule has 0 fully saturated rings. The van der Waals surface area contributed by atoms with Crippen LogP contribution >= 0.6 is 11.6 Å². The molecule has 0 N–H and O–H groups in total. The van der Waals surface area contributed by atoms with Gasteiger partial charge in [0, 0.05) is 30.9 Å². The van der Waals surface area contributed by atoms with Crippen LogP contribution < -0.4 is 4.74 Å². The first-order chi connectivity index (χ1) is 13.6. The Bertz CT molecular complexity index is 871. The third kappa shape index (κ3) is 5.78. The molecule has 0 aliphatic heterocycles. The average Bonchev–Trinajstić information content (AvgIpc) is 2.96. The smallest absolute Gasteiger partial charge is 0.389 e. The summed E-state index contributed by atoms with van der Waals surface area (Å²) in [7, 11) is 0. The number of rotatable bonds is 8. The highest BCUT2D eigenvalue weighted by Crippen LogP contribution is 2.38. The molecule has 6 nitrogen and oxygen atoms in total. The molecule has 12 heteroatoms. The molecule has 0 aliphatic carbocycles. The fourth-order valence-electron chi connectivity index (χ4n) is 2.51. The monoisotopic (exact) mass is 441 g/mol. The van der Waals surface area contributed by atoms with Gasteiger partial charge in [0.15, 0.2) is 5.69 Å². The number of hydrogen-bond acceptors (Lipinski definition) is 5. The summed E-state index contributed by atoms with van der Waals surface area (Å²) in [6.07, 6.45) is -5.05. The lowest BCUT2D eigenvalue weighted by atomic mass is 10.1. The van der Waals surface area contributed by atoms with Crippen molar-refractivity contribution >= 4 is 17.6 Å². The molecule has 160 valence electrons. The fraction of sp³-hybridized carbons (Fsp3) is 0.471. The van der Waals surface area contributed by atoms with E-state index in [0.29, 0.717) is 0 Å². The van der Waals surface area contributed by atoms with Crippen molar-refractivity contribution in [3.05, 3.63) is 28.7 Å². The SMILES string of the molecule is CCOC(=O)c1nn(CC)c(-c2cnc(CCC(F)(F)F)cc2OC(F)F)c1Cl. The maximum Gasteiger partial charge on any atom is 0.389 e. The van der Waals surface area contributed by atoms with Crippen LogP contribution in [0.25, 0.3) is 11.3 Å². The predicted octanol–water partition coefficient (Wildman–Crippen LogP) is 4.89. The maximum absolute atomic E-state index is 12.9. The van der Waals surface area contributed by atoms with Gasteiger partial charge in [0.25, 0.3) is 0 Å². The Morgan fingerprint density at radius 3 is 2.55 bits per heavy atom. The summed E-state index contributed by atoms with van der Waals surface area (Å²) in [5.74, 6) is -1.24. The second-order valence-corrected chi connectivity index (χ2v) is 6.09. The highest BCUT2D eigenvalue weighted by molar-refractivity contribution is 6.35. The van der Waals surface area contributed by atoms with E-state index >= 15 is 0 Å². The molecule has 0 saturated carbocycles. The summed E-state index contributed by atoms with van der Waals surface area (Å²) in [5, 5.41) is 3.85. The highest BCUT2D eigenvalue weighted by atomic mass is 35.5. The van der Waals surface area contributed by atoms with Gasteiger partial charge in [-0.3, -0.25) is 9.67 Å². The van der Waals surface area contributed by atoms with Crippen molar-refractivity contribution in [3.63, 3.8) is 0 Å². The van der Waals surface area contributed by atoms with Crippen molar-refractivity contribution in [2.45, 2.75) is 46.0 Å². The molecule has 2 heterocycles. The number of carbonyl (C=O) groups is 1. The Morgan fingerprint density at radius 2 is 2.00 bits per heavy atom. The first kappa shape index (κ1) is 22.9. The zero-order chi connectivity index (χ0) is 21.8. The van der Waals surface area contributed by atoms with Gasteiger partial charge < -0.3 is 9.47 Å². The molecular weight excluding hydrogens is 425 g/mol. The molecule has 0 unspecified atom stereocenters. The number of hydrogen-bond donors (Lipinski definition) is 0. The largest absolute Gasteiger partial charge is 0.461 e. The lowest BCUT2D eigenvalue weighted by molar-refractivity contribution is -0.134. The van der Waals surface area contributed by atoms with Crippen molar-refractivity contribution in [3.8, 4) is 17.0 Å². The van der Waals surface area contributed by atoms with E-state index < -0.39 is 37.3 Å². The standard InChI is InChI=1S/C17H17ClF5N3O3/c1-3-26-14(12(18)13(25-26)15(27)28-4-2)10-8-24-9(5-6-17(21,22)23)7-11(10)29-16(19)20/h7-8,16H,3-6H2,1-2H3. The molecule has 0 saturated heterocycles. The molecule has 0 aliphatic rings. The molecule has 2 rings (SSSR count). The van der Waals surface area contributed by atoms with E-state index in [1.165, 1.54) is 4.68 Å². The molecule has 2 aromatic rings. The highest BCUT2D eigenvalue weighted by Gasteiger charge is 2.29. The van der Waals surface area contributed by atoms with Crippen LogP contribution in [-0.2, 0) is 17.7 Å². The Balaban J connectivity index is 2.53. The van der Waals surface area contributed by atoms with Crippen LogP contribution in [-0.4, -0.2) is 40.1 Å². The van der Waals surface area contributed by atoms with Crippen molar-refractivity contribution in [2.75, 3.05) is 6.61 Å². The van der Waals surface area contributed by atoms with Crippen molar-refractivity contribution < 1.29 is 36.2 Å². The van der Waals surface area contributed by atoms with Crippen LogP contribution in [0, 0.1) is 0 Å². The van der Waals surface area contributed by atoms with Crippen LogP contribution in [0.3, 0.4) is 0 Å². The topological polar surface area (TPSA) is 66.2 Å². The third-order valence-electron chi connectivity index (χ3n) is 3.72. The van der Waals surface area contributed by atoms with Gasteiger partial charge >= 0.3 is 18.8 Å². The number of pyridine rings is 1. The van der Waals surface area contributed by atoms with E-state index in [0.717, 1.165) is 12.3 Å². The lowest BCUT2D eigenvalue weighted by Crippen LogP contribution is -2.10. The summed E-state index contributed by atoms with van der Waals surface area (Å²) in [4.78, 5) is 15.9. The molecule has 29 heavy (non-hydrogen) atoms. The van der Waals surface area contributed by atoms with Gasteiger partial charge in [0.2, 0.25) is 0 Å². The van der Waals surface area contributed by atoms with Crippen LogP contribution in [0.2, 0.25) is 5.02 Å². The van der Waals surface area contributed by atoms with Gasteiger partial charge in [-0.1, -0.05) is 11.6 Å². The molecule has 0 radical (unpaired) electrons. The minimum absolute atomic E-state index is 0.0454. The number of nitrogens with zero attached hydrogens (tertiary/aromatic N) is 3. The summed E-state index contributed by atoms with van der Waals surface area (Å²) in [6.45, 7) is 0.284. The quantitative estimate of drug-likeness (QED) is 0.431. The number of carbonyl (C=O) groups excluding carboxylic acids is 1. The van der Waals surface area contributed by atoms with E-state index in [1.807, 2.05) is 0 Å². The van der Waals surface area contributed by atoms with Gasteiger partial charge in [0.05, 0.1) is 17.9 Å². The first-order valence-corrected chi connectivity index (χ1v) is 8.89. The van der Waals surface area contributed by atoms with Gasteiger partial charge in [0.1, 0.15) is 10.8 Å². The number of halogens is 6. The zero-order valence-corrected chi connectivity index (χ0v) is 16.2. The Hall–Kier alpha value is -2.43. The van der Waals surface area contributed by atoms with Crippen molar-refractivity contribution in [2.24, 2.45) is 0 Å². The van der Waals surface area contributed by atoms with E-state index in [4.69, 9.17) is 16.3 Å². The molecular formula is C17H17ClF5N3O3. The normalized spacial score (nSPS) is 11.8. The average molecular weight is 442 g/mol. The number of ether oxygens (including phenoxy) is 2. The fourth-order valence-corrected chi connectivity index (χ4v) is 2.83. The summed E-state index contributed by atoms with van der Waals surface area (Å²) >= 11 is 6.24. The third-order valence-corrected chi connectivity index (χ3v) is 4.08. The van der Waals surface area contributed by atoms with E-state index in [2.05, 4.69) is 14.8 Å². The molecule has 0 atom stereocenters. The van der Waals surface area contributed by atoms with E-state index in [9.17, 15) is 26.7 Å². The molecule has 0 amide bonds. The number of aryl methyl sites for hydroxylation is 2. The van der Waals surface area contributed by atoms with Gasteiger partial charge in [-0.25, -0.2) is 4.79 Å². The van der Waals surface area contributed by atoms with Crippen molar-refractivity contribution in [1.82, 2.24) is 14.8 Å². The second kappa shape index (κ2) is 9.38. The Labute approximate surface area is 167 Å². The summed E-state index contributed by atoms with van der Waals surface area (Å²) in [6, 6.07) is 0.987. The molecule has 0 spiro atoms. The minimum Gasteiger partial charge on any atom is -0.461 e. The van der Waals surface area contributed by atoms with Crippen LogP contribution in [0.5, 0.6) is 5.75 Å². The van der Waals surface area contributed by atoms with Gasteiger partial charge in [-0.2, -0.15) is 27.1 Å². The number of aromatic nitrogens is 3. The number of alkyl halides is 5. The number of esters is 1. The predicted molar refractivity (Wildman–Crippen MR) is 93.1 cm³/mol. The first-order valence-electron chi connectivity index (χ1n) is 8.51. The molecule has 0 bridgehead atoms. The Morgan fingerprint density at radius 1 is 1.31 bits per heavy atom. The molecule has 0 aromatic carbocycles. The van der Waals surface area contributed by atoms with Crippen LogP contribution in [0.15, 0.2) is 12.3 Å². The second-order valence-electron chi connectivity index (χ2n) is 5.71. The van der Waals surface area contributed by atoms with Crippen molar-refractivity contribution in [1.29, 1.82) is 0 Å². The molecule has 2 aromatic heterocycles. The van der Waals surface area contributed by atoms with Gasteiger partial charge in [-0.15, -0.1) is 0 Å². The maximum atomic E-state index is 12.9. The zero-order valence-electron chi connectivity index (χ0n) is 15.4. The van der Waals surface area contributed by atoms with Crippen LogP contribution in [0.1, 0.15) is 36.5 Å². The van der Waals surface area contributed by atoms with Gasteiger partial charge in [-0.05, 0) is 20.3 Å². The van der Waals surface area contributed by atoms with E-state index in [-0.39, 0.29) is 40.8 Å². The Kier molecular flexibility index (Phi) is 7.39. The van der Waals surface area contributed by atoms with Crippen LogP contribution in [0.4, 0.5) is 22.0 Å². The summed E-state index contributed by atoms with van der Waals surface area (Å²) < 4.78 is 73.7. The van der Waals surface area contributed by atoms with E-state index in [1.54, 1.807) is 13.8 Å². The summed E-state index contributed by atoms with van der Waals surface area (Å²) in [5.41, 5.74) is -0.306. The minimum atomic E-state index is -4.43.